The van der Waals surface area contributed by atoms with E-state index in [1.165, 1.54) is 0 Å². The van der Waals surface area contributed by atoms with Crippen LogP contribution in [0.5, 0.6) is 0 Å². The van der Waals surface area contributed by atoms with Crippen LogP contribution in [0.4, 0.5) is 11.8 Å². The summed E-state index contributed by atoms with van der Waals surface area (Å²) >= 11 is 0. The highest BCUT2D eigenvalue weighted by molar-refractivity contribution is 7.91. The molecule has 2 heterocycles. The first-order valence-corrected chi connectivity index (χ1v) is 11.1. The molecular weight excluding hydrogens is 372 g/mol. The Hall–Kier alpha value is -2.93. The second-order valence-electron chi connectivity index (χ2n) is 6.91. The SMILES string of the molecule is O=S1(=O)CCC(Nc2cc(-c3ccccc3)nc(NCc3ccccc3)n2)C1. The first-order valence-electron chi connectivity index (χ1n) is 9.27. The maximum absolute atomic E-state index is 11.8. The molecule has 0 amide bonds. The van der Waals surface area contributed by atoms with Gasteiger partial charge in [-0.1, -0.05) is 60.7 Å². The van der Waals surface area contributed by atoms with Crippen LogP contribution in [0.3, 0.4) is 0 Å². The van der Waals surface area contributed by atoms with Gasteiger partial charge in [-0.15, -0.1) is 0 Å². The zero-order valence-corrected chi connectivity index (χ0v) is 16.2. The monoisotopic (exact) mass is 394 g/mol. The van der Waals surface area contributed by atoms with E-state index in [-0.39, 0.29) is 17.5 Å². The molecule has 0 aliphatic carbocycles. The number of aromatic nitrogens is 2. The molecule has 3 aromatic rings. The van der Waals surface area contributed by atoms with Gasteiger partial charge in [0.15, 0.2) is 9.84 Å². The maximum atomic E-state index is 11.8. The molecule has 0 spiro atoms. The number of rotatable bonds is 6. The lowest BCUT2D eigenvalue weighted by Crippen LogP contribution is -2.21. The molecule has 0 bridgehead atoms. The normalized spacial score (nSPS) is 17.9. The van der Waals surface area contributed by atoms with Gasteiger partial charge in [-0.05, 0) is 12.0 Å². The maximum Gasteiger partial charge on any atom is 0.225 e. The van der Waals surface area contributed by atoms with Crippen LogP contribution in [0.2, 0.25) is 0 Å². The summed E-state index contributed by atoms with van der Waals surface area (Å²) in [5.74, 6) is 1.50. The first kappa shape index (κ1) is 18.4. The Morgan fingerprint density at radius 1 is 0.964 bits per heavy atom. The summed E-state index contributed by atoms with van der Waals surface area (Å²) in [6.45, 7) is 0.607. The van der Waals surface area contributed by atoms with E-state index in [2.05, 4.69) is 20.6 Å². The van der Waals surface area contributed by atoms with Crippen molar-refractivity contribution in [3.05, 3.63) is 72.3 Å². The van der Waals surface area contributed by atoms with Crippen molar-refractivity contribution in [2.24, 2.45) is 0 Å². The highest BCUT2D eigenvalue weighted by Crippen LogP contribution is 2.23. The Balaban J connectivity index is 1.59. The van der Waals surface area contributed by atoms with Crippen LogP contribution in [0.25, 0.3) is 11.3 Å². The Morgan fingerprint density at radius 2 is 1.68 bits per heavy atom. The van der Waals surface area contributed by atoms with Crippen molar-refractivity contribution in [1.82, 2.24) is 9.97 Å². The molecule has 1 unspecified atom stereocenters. The van der Waals surface area contributed by atoms with Gasteiger partial charge in [-0.2, -0.15) is 4.98 Å². The molecule has 2 aromatic carbocycles. The van der Waals surface area contributed by atoms with Crippen molar-refractivity contribution in [3.8, 4) is 11.3 Å². The molecule has 2 N–H and O–H groups in total. The number of nitrogens with zero attached hydrogens (tertiary/aromatic N) is 2. The summed E-state index contributed by atoms with van der Waals surface area (Å²) in [7, 11) is -2.96. The van der Waals surface area contributed by atoms with Crippen LogP contribution in [0.15, 0.2) is 66.7 Å². The summed E-state index contributed by atoms with van der Waals surface area (Å²) in [6, 6.07) is 21.7. The zero-order valence-electron chi connectivity index (χ0n) is 15.4. The van der Waals surface area contributed by atoms with Gasteiger partial charge in [0.25, 0.3) is 0 Å². The third kappa shape index (κ3) is 4.67. The number of anilines is 2. The van der Waals surface area contributed by atoms with E-state index in [0.29, 0.717) is 24.7 Å². The average Bonchev–Trinajstić information content (AvgIpc) is 3.06. The quantitative estimate of drug-likeness (QED) is 0.667. The molecule has 1 aliphatic heterocycles. The van der Waals surface area contributed by atoms with Crippen molar-refractivity contribution in [3.63, 3.8) is 0 Å². The summed E-state index contributed by atoms with van der Waals surface area (Å²) in [5, 5.41) is 6.55. The van der Waals surface area contributed by atoms with E-state index in [4.69, 9.17) is 0 Å². The molecular formula is C21H22N4O2S. The summed E-state index contributed by atoms with van der Waals surface area (Å²) in [4.78, 5) is 9.20. The molecule has 0 saturated carbocycles. The van der Waals surface area contributed by atoms with E-state index in [1.54, 1.807) is 0 Å². The standard InChI is InChI=1S/C21H22N4O2S/c26-28(27)12-11-18(15-28)23-20-13-19(17-9-5-2-6-10-17)24-21(25-20)22-14-16-7-3-1-4-8-16/h1-10,13,18H,11-12,14-15H2,(H2,22,23,24,25). The fourth-order valence-electron chi connectivity index (χ4n) is 3.25. The van der Waals surface area contributed by atoms with Gasteiger partial charge in [0.05, 0.1) is 17.2 Å². The van der Waals surface area contributed by atoms with E-state index >= 15 is 0 Å². The topological polar surface area (TPSA) is 84.0 Å². The van der Waals surface area contributed by atoms with Crippen LogP contribution in [-0.2, 0) is 16.4 Å². The van der Waals surface area contributed by atoms with Gasteiger partial charge in [-0.3, -0.25) is 0 Å². The van der Waals surface area contributed by atoms with Crippen LogP contribution in [0, 0.1) is 0 Å². The van der Waals surface area contributed by atoms with Gasteiger partial charge in [0.2, 0.25) is 5.95 Å². The third-order valence-electron chi connectivity index (χ3n) is 4.67. The van der Waals surface area contributed by atoms with Gasteiger partial charge in [-0.25, -0.2) is 13.4 Å². The number of hydrogen-bond acceptors (Lipinski definition) is 6. The number of benzene rings is 2. The van der Waals surface area contributed by atoms with Crippen LogP contribution < -0.4 is 10.6 Å². The van der Waals surface area contributed by atoms with Crippen molar-refractivity contribution >= 4 is 21.6 Å². The Labute approximate surface area is 165 Å². The zero-order chi connectivity index (χ0) is 19.4. The van der Waals surface area contributed by atoms with E-state index in [1.807, 2.05) is 66.7 Å². The lowest BCUT2D eigenvalue weighted by molar-refractivity contribution is 0.602. The van der Waals surface area contributed by atoms with Gasteiger partial charge < -0.3 is 10.6 Å². The van der Waals surface area contributed by atoms with Crippen LogP contribution in [-0.4, -0.2) is 35.9 Å². The van der Waals surface area contributed by atoms with Crippen LogP contribution >= 0.6 is 0 Å². The van der Waals surface area contributed by atoms with Crippen molar-refractivity contribution in [2.75, 3.05) is 22.1 Å². The minimum absolute atomic E-state index is 0.120. The molecule has 1 aromatic heterocycles. The molecule has 6 nitrogen and oxygen atoms in total. The Morgan fingerprint density at radius 3 is 2.36 bits per heavy atom. The molecule has 144 valence electrons. The van der Waals surface area contributed by atoms with Gasteiger partial charge >= 0.3 is 0 Å². The number of hydrogen-bond donors (Lipinski definition) is 2. The predicted molar refractivity (Wildman–Crippen MR) is 112 cm³/mol. The highest BCUT2D eigenvalue weighted by Gasteiger charge is 2.28. The Kier molecular flexibility index (Phi) is 5.25. The molecule has 1 saturated heterocycles. The average molecular weight is 395 g/mol. The molecule has 4 rings (SSSR count). The predicted octanol–water partition coefficient (Wildman–Crippen LogP) is 3.35. The minimum atomic E-state index is -2.96. The van der Waals surface area contributed by atoms with Gasteiger partial charge in [0, 0.05) is 24.2 Å². The fraction of sp³-hybridized carbons (Fsp3) is 0.238. The summed E-state index contributed by atoms with van der Waals surface area (Å²) in [5.41, 5.74) is 2.90. The number of nitrogens with one attached hydrogen (secondary N) is 2. The van der Waals surface area contributed by atoms with E-state index in [9.17, 15) is 8.42 Å². The van der Waals surface area contributed by atoms with E-state index in [0.717, 1.165) is 16.8 Å². The van der Waals surface area contributed by atoms with Gasteiger partial charge in [0.1, 0.15) is 5.82 Å². The van der Waals surface area contributed by atoms with Crippen molar-refractivity contribution in [2.45, 2.75) is 19.0 Å². The highest BCUT2D eigenvalue weighted by atomic mass is 32.2. The van der Waals surface area contributed by atoms with Crippen molar-refractivity contribution < 1.29 is 8.42 Å². The molecule has 1 atom stereocenters. The second kappa shape index (κ2) is 7.98. The third-order valence-corrected chi connectivity index (χ3v) is 6.44. The lowest BCUT2D eigenvalue weighted by Gasteiger charge is -2.14. The Bertz CT molecular complexity index is 1040. The molecule has 28 heavy (non-hydrogen) atoms. The molecule has 0 radical (unpaired) electrons. The van der Waals surface area contributed by atoms with Crippen LogP contribution in [0.1, 0.15) is 12.0 Å². The molecule has 1 fully saturated rings. The first-order chi connectivity index (χ1) is 13.6. The largest absolute Gasteiger partial charge is 0.366 e. The number of sulfone groups is 1. The molecule has 7 heteroatoms. The van der Waals surface area contributed by atoms with E-state index < -0.39 is 9.84 Å². The lowest BCUT2D eigenvalue weighted by atomic mass is 10.1. The molecule has 1 aliphatic rings. The smallest absolute Gasteiger partial charge is 0.225 e. The minimum Gasteiger partial charge on any atom is -0.366 e. The van der Waals surface area contributed by atoms with Crippen molar-refractivity contribution in [1.29, 1.82) is 0 Å². The summed E-state index contributed by atoms with van der Waals surface area (Å²) < 4.78 is 23.5. The second-order valence-corrected chi connectivity index (χ2v) is 9.14. The summed E-state index contributed by atoms with van der Waals surface area (Å²) in [6.07, 6.45) is 0.597. The fourth-order valence-corrected chi connectivity index (χ4v) is 4.93.